The molecular weight excluding hydrogens is 464 g/mol. The summed E-state index contributed by atoms with van der Waals surface area (Å²) in [5.74, 6) is -0.0174. The molecule has 36 heavy (non-hydrogen) atoms. The molecule has 0 bridgehead atoms. The summed E-state index contributed by atoms with van der Waals surface area (Å²) in [6, 6.07) is 14.5. The molecule has 0 aliphatic heterocycles. The molecule has 0 saturated carbocycles. The maximum Gasteiger partial charge on any atom is 0.407 e. The molecule has 3 atom stereocenters. The average molecular weight is 503 g/mol. The second-order valence-electron chi connectivity index (χ2n) is 9.26. The number of esters is 1. The number of amides is 1. The lowest BCUT2D eigenvalue weighted by Crippen LogP contribution is -2.57. The molecule has 0 spiro atoms. The topological polar surface area (TPSA) is 126 Å². The van der Waals surface area contributed by atoms with Crippen molar-refractivity contribution >= 4 is 12.1 Å². The minimum Gasteiger partial charge on any atom is -0.491 e. The van der Waals surface area contributed by atoms with Crippen LogP contribution in [-0.2, 0) is 27.2 Å². The van der Waals surface area contributed by atoms with Crippen LogP contribution in [-0.4, -0.2) is 65.9 Å². The summed E-state index contributed by atoms with van der Waals surface area (Å²) in [6.07, 6.45) is -1.73. The van der Waals surface area contributed by atoms with Gasteiger partial charge in [0.25, 0.3) is 0 Å². The highest BCUT2D eigenvalue weighted by atomic mass is 16.6. The van der Waals surface area contributed by atoms with Crippen molar-refractivity contribution in [1.82, 2.24) is 10.6 Å². The van der Waals surface area contributed by atoms with Crippen molar-refractivity contribution in [3.8, 4) is 5.75 Å². The Kier molecular flexibility index (Phi) is 11.7. The van der Waals surface area contributed by atoms with E-state index in [1.807, 2.05) is 42.5 Å². The molecule has 0 heterocycles. The molecule has 0 radical (unpaired) electrons. The number of nitrogens with one attached hydrogen (secondary N) is 2. The van der Waals surface area contributed by atoms with Crippen molar-refractivity contribution in [2.75, 3.05) is 19.8 Å². The Bertz CT molecular complexity index is 929. The maximum absolute atomic E-state index is 12.8. The highest BCUT2D eigenvalue weighted by Crippen LogP contribution is 2.15. The van der Waals surface area contributed by atoms with E-state index in [0.717, 1.165) is 11.1 Å². The Labute approximate surface area is 212 Å². The van der Waals surface area contributed by atoms with Crippen LogP contribution in [0.4, 0.5) is 4.79 Å². The number of benzene rings is 2. The van der Waals surface area contributed by atoms with Crippen LogP contribution >= 0.6 is 0 Å². The number of carbonyl (C=O) groups is 2. The lowest BCUT2D eigenvalue weighted by molar-refractivity contribution is -0.149. The van der Waals surface area contributed by atoms with Crippen molar-refractivity contribution in [3.05, 3.63) is 65.7 Å². The molecule has 2 aromatic rings. The number of aliphatic hydroxyl groups excluding tert-OH is 2. The van der Waals surface area contributed by atoms with Gasteiger partial charge in [0.15, 0.2) is 0 Å². The number of carbonyl (C=O) groups excluding carboxylic acids is 2. The van der Waals surface area contributed by atoms with E-state index in [4.69, 9.17) is 19.3 Å². The van der Waals surface area contributed by atoms with Crippen LogP contribution in [0.5, 0.6) is 5.75 Å². The minimum absolute atomic E-state index is 0.0795. The van der Waals surface area contributed by atoms with E-state index in [2.05, 4.69) is 10.6 Å². The van der Waals surface area contributed by atoms with Gasteiger partial charge < -0.3 is 29.7 Å². The molecule has 0 aromatic heterocycles. The van der Waals surface area contributed by atoms with Gasteiger partial charge >= 0.3 is 12.1 Å². The minimum atomic E-state index is -1.32. The van der Waals surface area contributed by atoms with E-state index in [9.17, 15) is 14.7 Å². The quantitative estimate of drug-likeness (QED) is 0.308. The van der Waals surface area contributed by atoms with Crippen LogP contribution in [0.25, 0.3) is 0 Å². The molecule has 1 amide bonds. The SMILES string of the molecule is CCOC(=O)[C@H](NCc1ccc(OCCO)cc1)[C@H](O)[C@H](Cc1ccccc1)NC(=O)OC(C)(C)C. The molecule has 2 rings (SSSR count). The van der Waals surface area contributed by atoms with Gasteiger partial charge in [-0.2, -0.15) is 0 Å². The maximum atomic E-state index is 12.8. The van der Waals surface area contributed by atoms with Gasteiger partial charge in [0.05, 0.1) is 19.3 Å². The zero-order valence-electron chi connectivity index (χ0n) is 21.4. The van der Waals surface area contributed by atoms with Gasteiger partial charge in [0, 0.05) is 6.54 Å². The molecule has 0 unspecified atom stereocenters. The van der Waals surface area contributed by atoms with Crippen molar-refractivity contribution < 1.29 is 34.0 Å². The number of rotatable bonds is 13. The van der Waals surface area contributed by atoms with E-state index >= 15 is 0 Å². The lowest BCUT2D eigenvalue weighted by Gasteiger charge is -2.31. The smallest absolute Gasteiger partial charge is 0.407 e. The summed E-state index contributed by atoms with van der Waals surface area (Å²) in [7, 11) is 0. The predicted molar refractivity (Wildman–Crippen MR) is 136 cm³/mol. The van der Waals surface area contributed by atoms with Gasteiger partial charge in [-0.05, 0) is 57.4 Å². The third-order valence-electron chi connectivity index (χ3n) is 5.10. The number of alkyl carbamates (subject to hydrolysis) is 1. The van der Waals surface area contributed by atoms with Gasteiger partial charge in [-0.15, -0.1) is 0 Å². The fraction of sp³-hybridized carbons (Fsp3) is 0.481. The Hall–Kier alpha value is -3.14. The van der Waals surface area contributed by atoms with Crippen LogP contribution in [0.1, 0.15) is 38.8 Å². The van der Waals surface area contributed by atoms with Crippen molar-refractivity contribution in [1.29, 1.82) is 0 Å². The second-order valence-corrected chi connectivity index (χ2v) is 9.26. The van der Waals surface area contributed by atoms with Crippen LogP contribution < -0.4 is 15.4 Å². The van der Waals surface area contributed by atoms with Gasteiger partial charge in [-0.25, -0.2) is 4.79 Å². The molecule has 0 aliphatic rings. The molecule has 9 heteroatoms. The second kappa shape index (κ2) is 14.4. The molecule has 0 saturated heterocycles. The first-order chi connectivity index (χ1) is 17.1. The van der Waals surface area contributed by atoms with E-state index in [1.165, 1.54) is 0 Å². The molecule has 4 N–H and O–H groups in total. The monoisotopic (exact) mass is 502 g/mol. The van der Waals surface area contributed by atoms with Crippen molar-refractivity contribution in [3.63, 3.8) is 0 Å². The number of hydrogen-bond acceptors (Lipinski definition) is 8. The summed E-state index contributed by atoms with van der Waals surface area (Å²) < 4.78 is 16.0. The lowest BCUT2D eigenvalue weighted by atomic mass is 9.96. The molecule has 198 valence electrons. The fourth-order valence-electron chi connectivity index (χ4n) is 3.49. The standard InChI is InChI=1S/C27H38N2O7/c1-5-34-25(32)23(28-18-20-11-13-21(14-12-20)35-16-15-30)24(31)22(17-19-9-7-6-8-10-19)29-26(33)36-27(2,3)4/h6-14,22-24,28,30-31H,5,15-18H2,1-4H3,(H,29,33)/t22-,23+,24+/m0/s1. The number of aliphatic hydroxyl groups is 2. The van der Waals surface area contributed by atoms with Gasteiger partial charge in [-0.3, -0.25) is 10.1 Å². The Balaban J connectivity index is 2.20. The first-order valence-electron chi connectivity index (χ1n) is 12.1. The third-order valence-corrected chi connectivity index (χ3v) is 5.10. The highest BCUT2D eigenvalue weighted by molar-refractivity contribution is 5.77. The van der Waals surface area contributed by atoms with Crippen molar-refractivity contribution in [2.45, 2.75) is 64.4 Å². The van der Waals surface area contributed by atoms with E-state index < -0.39 is 35.9 Å². The molecule has 9 nitrogen and oxygen atoms in total. The molecule has 2 aromatic carbocycles. The number of ether oxygens (including phenoxy) is 3. The van der Waals surface area contributed by atoms with Crippen LogP contribution in [0.2, 0.25) is 0 Å². The summed E-state index contributed by atoms with van der Waals surface area (Å²) in [6.45, 7) is 7.45. The Morgan fingerprint density at radius 2 is 1.67 bits per heavy atom. The van der Waals surface area contributed by atoms with Crippen molar-refractivity contribution in [2.24, 2.45) is 0 Å². The molecular formula is C27H38N2O7. The van der Waals surface area contributed by atoms with E-state index in [-0.39, 0.29) is 32.8 Å². The van der Waals surface area contributed by atoms with Crippen LogP contribution in [0.15, 0.2) is 54.6 Å². The fourth-order valence-corrected chi connectivity index (χ4v) is 3.49. The Morgan fingerprint density at radius 3 is 2.25 bits per heavy atom. The molecule has 0 fully saturated rings. The third kappa shape index (κ3) is 10.2. The first kappa shape index (κ1) is 29.1. The van der Waals surface area contributed by atoms with Crippen LogP contribution in [0, 0.1) is 0 Å². The number of hydrogen-bond donors (Lipinski definition) is 4. The zero-order valence-corrected chi connectivity index (χ0v) is 21.4. The van der Waals surface area contributed by atoms with E-state index in [0.29, 0.717) is 5.75 Å². The van der Waals surface area contributed by atoms with Crippen LogP contribution in [0.3, 0.4) is 0 Å². The summed E-state index contributed by atoms with van der Waals surface area (Å²) in [4.78, 5) is 25.4. The Morgan fingerprint density at radius 1 is 1.00 bits per heavy atom. The van der Waals surface area contributed by atoms with Gasteiger partial charge in [0.1, 0.15) is 30.1 Å². The van der Waals surface area contributed by atoms with Gasteiger partial charge in [-0.1, -0.05) is 42.5 Å². The largest absolute Gasteiger partial charge is 0.491 e. The first-order valence-corrected chi connectivity index (χ1v) is 12.1. The average Bonchev–Trinajstić information content (AvgIpc) is 2.82. The summed E-state index contributed by atoms with van der Waals surface area (Å²) in [5.41, 5.74) is 0.990. The predicted octanol–water partition coefficient (Wildman–Crippen LogP) is 2.58. The normalized spacial score (nSPS) is 13.8. The summed E-state index contributed by atoms with van der Waals surface area (Å²) >= 11 is 0. The van der Waals surface area contributed by atoms with E-state index in [1.54, 1.807) is 39.8 Å². The van der Waals surface area contributed by atoms with Gasteiger partial charge in [0.2, 0.25) is 0 Å². The highest BCUT2D eigenvalue weighted by Gasteiger charge is 2.35. The zero-order chi connectivity index (χ0) is 26.6. The molecule has 0 aliphatic carbocycles. The summed E-state index contributed by atoms with van der Waals surface area (Å²) in [5, 5.41) is 26.0.